The lowest BCUT2D eigenvalue weighted by Crippen LogP contribution is -2.29. The van der Waals surface area contributed by atoms with Crippen molar-refractivity contribution in [3.8, 4) is 0 Å². The van der Waals surface area contributed by atoms with Crippen LogP contribution in [0.1, 0.15) is 101 Å². The van der Waals surface area contributed by atoms with Crippen LogP contribution >= 0.6 is 0 Å². The number of benzene rings is 1. The summed E-state index contributed by atoms with van der Waals surface area (Å²) in [5.41, 5.74) is 2.97. The van der Waals surface area contributed by atoms with Crippen LogP contribution in [0.25, 0.3) is 0 Å². The van der Waals surface area contributed by atoms with E-state index in [-0.39, 0.29) is 0 Å². The lowest BCUT2D eigenvalue weighted by atomic mass is 9.69. The van der Waals surface area contributed by atoms with Gasteiger partial charge in [0.25, 0.3) is 0 Å². The van der Waals surface area contributed by atoms with E-state index in [1.165, 1.54) is 82.6 Å². The van der Waals surface area contributed by atoms with Gasteiger partial charge in [0.1, 0.15) is 0 Å². The van der Waals surface area contributed by atoms with Crippen molar-refractivity contribution < 1.29 is 4.74 Å². The Morgan fingerprint density at radius 1 is 0.714 bits per heavy atom. The molecule has 0 bridgehead atoms. The molecule has 0 unspecified atom stereocenters. The number of rotatable bonds is 5. The Morgan fingerprint density at radius 2 is 1.29 bits per heavy atom. The van der Waals surface area contributed by atoms with Crippen molar-refractivity contribution in [3.63, 3.8) is 0 Å². The summed E-state index contributed by atoms with van der Waals surface area (Å²) < 4.78 is 6.38. The van der Waals surface area contributed by atoms with Crippen LogP contribution in [0.15, 0.2) is 24.3 Å². The molecular formula is C27H42O. The molecule has 0 saturated heterocycles. The number of hydrogen-bond acceptors (Lipinski definition) is 1. The first-order valence-electron chi connectivity index (χ1n) is 12.4. The lowest BCUT2D eigenvalue weighted by molar-refractivity contribution is -0.0159. The predicted octanol–water partition coefficient (Wildman–Crippen LogP) is 7.67. The van der Waals surface area contributed by atoms with Gasteiger partial charge in [0.15, 0.2) is 0 Å². The van der Waals surface area contributed by atoms with Gasteiger partial charge in [0, 0.05) is 6.61 Å². The Hall–Kier alpha value is -0.820. The minimum absolute atomic E-state index is 0.569. The molecule has 3 saturated carbocycles. The van der Waals surface area contributed by atoms with Crippen LogP contribution in [-0.2, 0) is 4.74 Å². The third-order valence-electron chi connectivity index (χ3n) is 8.41. The Morgan fingerprint density at radius 3 is 1.89 bits per heavy atom. The number of hydrogen-bond donors (Lipinski definition) is 0. The maximum Gasteiger partial charge on any atom is 0.0575 e. The number of ether oxygens (including phenoxy) is 1. The molecule has 156 valence electrons. The third-order valence-corrected chi connectivity index (χ3v) is 8.41. The highest BCUT2D eigenvalue weighted by molar-refractivity contribution is 5.24. The van der Waals surface area contributed by atoms with Crippen molar-refractivity contribution in [2.24, 2.45) is 23.7 Å². The Labute approximate surface area is 173 Å². The van der Waals surface area contributed by atoms with Crippen LogP contribution in [0, 0.1) is 30.6 Å². The molecule has 0 amide bonds. The third kappa shape index (κ3) is 5.41. The van der Waals surface area contributed by atoms with E-state index in [1.807, 2.05) is 0 Å². The average molecular weight is 383 g/mol. The maximum absolute atomic E-state index is 6.38. The van der Waals surface area contributed by atoms with Crippen LogP contribution in [0.4, 0.5) is 0 Å². The van der Waals surface area contributed by atoms with E-state index in [0.29, 0.717) is 6.10 Å². The second-order valence-electron chi connectivity index (χ2n) is 10.5. The van der Waals surface area contributed by atoms with Crippen LogP contribution in [0.5, 0.6) is 0 Å². The van der Waals surface area contributed by atoms with E-state index in [2.05, 4.69) is 38.1 Å². The summed E-state index contributed by atoms with van der Waals surface area (Å²) in [5, 5.41) is 0. The first-order chi connectivity index (χ1) is 13.7. The summed E-state index contributed by atoms with van der Waals surface area (Å²) in [5.74, 6) is 4.59. The quantitative estimate of drug-likeness (QED) is 0.507. The van der Waals surface area contributed by atoms with Gasteiger partial charge >= 0.3 is 0 Å². The first-order valence-corrected chi connectivity index (χ1v) is 12.4. The van der Waals surface area contributed by atoms with E-state index < -0.39 is 0 Å². The minimum atomic E-state index is 0.569. The topological polar surface area (TPSA) is 9.23 Å². The highest BCUT2D eigenvalue weighted by atomic mass is 16.5. The van der Waals surface area contributed by atoms with Crippen molar-refractivity contribution >= 4 is 0 Å². The molecule has 0 heterocycles. The fourth-order valence-corrected chi connectivity index (χ4v) is 6.26. The molecule has 1 heteroatoms. The van der Waals surface area contributed by atoms with Crippen molar-refractivity contribution in [1.29, 1.82) is 0 Å². The maximum atomic E-state index is 6.38. The largest absolute Gasteiger partial charge is 0.378 e. The molecule has 3 aliphatic rings. The summed E-state index contributed by atoms with van der Waals surface area (Å²) in [6, 6.07) is 9.32. The second-order valence-corrected chi connectivity index (χ2v) is 10.5. The molecule has 1 aromatic carbocycles. The molecule has 1 aromatic rings. The summed E-state index contributed by atoms with van der Waals surface area (Å²) in [4.78, 5) is 0. The van der Waals surface area contributed by atoms with Gasteiger partial charge in [0.05, 0.1) is 6.10 Å². The average Bonchev–Trinajstić information content (AvgIpc) is 2.74. The minimum Gasteiger partial charge on any atom is -0.378 e. The Balaban J connectivity index is 1.15. The van der Waals surface area contributed by atoms with Gasteiger partial charge in [-0.15, -0.1) is 0 Å². The number of aryl methyl sites for hydroxylation is 1. The van der Waals surface area contributed by atoms with Crippen molar-refractivity contribution in [3.05, 3.63) is 35.4 Å². The predicted molar refractivity (Wildman–Crippen MR) is 119 cm³/mol. The van der Waals surface area contributed by atoms with Gasteiger partial charge in [-0.05, 0) is 106 Å². The fraction of sp³-hybridized carbons (Fsp3) is 0.778. The molecule has 3 fully saturated rings. The standard InChI is InChI=1S/C27H42O/c1-20-3-7-22(8-4-20)19-28-27-17-15-26(16-18-27)25-13-11-24(12-14-25)23-9-5-21(2)6-10-23/h5-6,9-10,20,22,24-27H,3-4,7-8,11-19H2,1-2H3. The van der Waals surface area contributed by atoms with Crippen molar-refractivity contribution in [1.82, 2.24) is 0 Å². The molecule has 0 radical (unpaired) electrons. The molecule has 3 aliphatic carbocycles. The monoisotopic (exact) mass is 382 g/mol. The van der Waals surface area contributed by atoms with E-state index in [1.54, 1.807) is 5.56 Å². The molecule has 0 N–H and O–H groups in total. The zero-order valence-corrected chi connectivity index (χ0v) is 18.4. The van der Waals surface area contributed by atoms with Gasteiger partial charge in [0.2, 0.25) is 0 Å². The van der Waals surface area contributed by atoms with Crippen LogP contribution in [0.2, 0.25) is 0 Å². The fourth-order valence-electron chi connectivity index (χ4n) is 6.26. The highest BCUT2D eigenvalue weighted by Crippen LogP contribution is 2.43. The van der Waals surface area contributed by atoms with Crippen molar-refractivity contribution in [2.45, 2.75) is 103 Å². The van der Waals surface area contributed by atoms with Gasteiger partial charge in [-0.25, -0.2) is 0 Å². The zero-order valence-electron chi connectivity index (χ0n) is 18.4. The second kappa shape index (κ2) is 9.79. The molecule has 4 rings (SSSR count). The lowest BCUT2D eigenvalue weighted by Gasteiger charge is -2.38. The van der Waals surface area contributed by atoms with E-state index in [0.717, 1.165) is 36.2 Å². The van der Waals surface area contributed by atoms with Gasteiger partial charge < -0.3 is 4.74 Å². The molecule has 28 heavy (non-hydrogen) atoms. The highest BCUT2D eigenvalue weighted by Gasteiger charge is 2.32. The molecule has 0 aromatic heterocycles. The van der Waals surface area contributed by atoms with Gasteiger partial charge in [-0.2, -0.15) is 0 Å². The van der Waals surface area contributed by atoms with Crippen molar-refractivity contribution in [2.75, 3.05) is 6.61 Å². The summed E-state index contributed by atoms with van der Waals surface area (Å²) in [6.45, 7) is 5.65. The van der Waals surface area contributed by atoms with E-state index in [4.69, 9.17) is 4.74 Å². The summed E-state index contributed by atoms with van der Waals surface area (Å²) in [7, 11) is 0. The van der Waals surface area contributed by atoms with Gasteiger partial charge in [-0.1, -0.05) is 49.6 Å². The van der Waals surface area contributed by atoms with E-state index in [9.17, 15) is 0 Å². The van der Waals surface area contributed by atoms with Crippen LogP contribution in [0.3, 0.4) is 0 Å². The first kappa shape index (κ1) is 20.5. The van der Waals surface area contributed by atoms with Gasteiger partial charge in [-0.3, -0.25) is 0 Å². The summed E-state index contributed by atoms with van der Waals surface area (Å²) in [6.07, 6.45) is 17.4. The Bertz CT molecular complexity index is 567. The summed E-state index contributed by atoms with van der Waals surface area (Å²) >= 11 is 0. The molecule has 0 atom stereocenters. The smallest absolute Gasteiger partial charge is 0.0575 e. The van der Waals surface area contributed by atoms with Crippen LogP contribution in [-0.4, -0.2) is 12.7 Å². The molecule has 0 aliphatic heterocycles. The normalized spacial score (nSPS) is 36.9. The van der Waals surface area contributed by atoms with Crippen LogP contribution < -0.4 is 0 Å². The SMILES string of the molecule is Cc1ccc(C2CCC(C3CCC(OCC4CCC(C)CC4)CC3)CC2)cc1. The molecular weight excluding hydrogens is 340 g/mol. The zero-order chi connectivity index (χ0) is 19.3. The van der Waals surface area contributed by atoms with E-state index >= 15 is 0 Å². The molecule has 0 spiro atoms. The molecule has 1 nitrogen and oxygen atoms in total. The Kier molecular flexibility index (Phi) is 7.15.